The number of allylic oxidation sites excluding steroid dienone is 1. The normalized spacial score (nSPS) is 32.8. The van der Waals surface area contributed by atoms with Gasteiger partial charge in [0.2, 0.25) is 0 Å². The number of alkyl halides is 2. The third-order valence-corrected chi connectivity index (χ3v) is 8.03. The van der Waals surface area contributed by atoms with Crippen LogP contribution in [0, 0.1) is 41.2 Å². The maximum Gasteiger partial charge on any atom is 0.400 e. The summed E-state index contributed by atoms with van der Waals surface area (Å²) in [5.41, 5.74) is 0. The van der Waals surface area contributed by atoms with Crippen LogP contribution in [0.25, 0.3) is 0 Å². The number of halogens is 4. The van der Waals surface area contributed by atoms with Gasteiger partial charge in [-0.3, -0.25) is 0 Å². The highest BCUT2D eigenvalue weighted by Gasteiger charge is 2.45. The lowest BCUT2D eigenvalue weighted by Crippen LogP contribution is -2.40. The monoisotopic (exact) mass is 484 g/mol. The number of rotatable bonds is 8. The molecule has 3 nitrogen and oxygen atoms in total. The molecule has 3 fully saturated rings. The topological polar surface area (TPSA) is 27.7 Å². The third-order valence-electron chi connectivity index (χ3n) is 8.03. The molecule has 0 bridgehead atoms. The van der Waals surface area contributed by atoms with E-state index in [0.717, 1.165) is 76.7 Å². The summed E-state index contributed by atoms with van der Waals surface area (Å²) in [5, 5.41) is 0. The van der Waals surface area contributed by atoms with Crippen molar-refractivity contribution in [1.82, 2.24) is 0 Å². The smallest absolute Gasteiger partial charge is 0.400 e. The zero-order chi connectivity index (χ0) is 24.1. The van der Waals surface area contributed by atoms with Gasteiger partial charge < -0.3 is 14.2 Å². The quantitative estimate of drug-likeness (QED) is 0.282. The second-order valence-electron chi connectivity index (χ2n) is 10.3. The summed E-state index contributed by atoms with van der Waals surface area (Å²) >= 11 is 0. The third kappa shape index (κ3) is 6.34. The van der Waals surface area contributed by atoms with Gasteiger partial charge in [0.25, 0.3) is 0 Å². The van der Waals surface area contributed by atoms with Crippen LogP contribution in [0.5, 0.6) is 5.75 Å². The van der Waals surface area contributed by atoms with E-state index in [1.807, 2.05) is 6.08 Å². The van der Waals surface area contributed by atoms with Crippen molar-refractivity contribution < 1.29 is 31.8 Å². The molecule has 0 spiro atoms. The minimum absolute atomic E-state index is 0.108. The Bertz CT molecular complexity index is 793. The van der Waals surface area contributed by atoms with Gasteiger partial charge in [0.1, 0.15) is 5.75 Å². The fourth-order valence-electron chi connectivity index (χ4n) is 5.95. The van der Waals surface area contributed by atoms with Crippen LogP contribution in [-0.4, -0.2) is 25.6 Å². The summed E-state index contributed by atoms with van der Waals surface area (Å²) in [5.74, 6) is -1.65. The maximum atomic E-state index is 14.7. The first-order valence-corrected chi connectivity index (χ1v) is 12.7. The van der Waals surface area contributed by atoms with Crippen LogP contribution in [-0.2, 0) is 9.47 Å². The standard InChI is InChI=1S/C27H36F4O3/c1-2-3-4-18-16-32-26(33-17-18)21-7-5-19(6-8-21)20-9-11-22(12-10-20)27(30,31)34-23-13-14-24(28)25(29)15-23/h2,13-15,18-22,26H,1,3-12,16-17H2. The van der Waals surface area contributed by atoms with Gasteiger partial charge in [-0.1, -0.05) is 6.08 Å². The van der Waals surface area contributed by atoms with Crippen molar-refractivity contribution in [3.05, 3.63) is 42.5 Å². The van der Waals surface area contributed by atoms with Crippen molar-refractivity contribution in [3.63, 3.8) is 0 Å². The minimum Gasteiger partial charge on any atom is -0.432 e. The van der Waals surface area contributed by atoms with Crippen LogP contribution in [0.1, 0.15) is 64.2 Å². The molecular weight excluding hydrogens is 448 g/mol. The molecule has 0 unspecified atom stereocenters. The first-order valence-electron chi connectivity index (χ1n) is 12.7. The lowest BCUT2D eigenvalue weighted by Gasteiger charge is -2.41. The molecule has 0 amide bonds. The Balaban J connectivity index is 1.19. The first-order chi connectivity index (χ1) is 16.4. The lowest BCUT2D eigenvalue weighted by atomic mass is 9.69. The maximum absolute atomic E-state index is 14.7. The Morgan fingerprint density at radius 3 is 2.06 bits per heavy atom. The molecular formula is C27H36F4O3. The van der Waals surface area contributed by atoms with Crippen LogP contribution >= 0.6 is 0 Å². The van der Waals surface area contributed by atoms with Crippen LogP contribution in [0.3, 0.4) is 0 Å². The van der Waals surface area contributed by atoms with Gasteiger partial charge in [-0.25, -0.2) is 8.78 Å². The molecule has 1 aromatic carbocycles. The van der Waals surface area contributed by atoms with E-state index in [1.54, 1.807) is 0 Å². The zero-order valence-corrected chi connectivity index (χ0v) is 19.7. The van der Waals surface area contributed by atoms with Crippen LogP contribution < -0.4 is 4.74 Å². The molecule has 2 aliphatic carbocycles. The SMILES string of the molecule is C=CCCC1COC(C2CCC(C3CCC(C(F)(F)Oc4ccc(F)c(F)c4)CC3)CC2)OC1. The Morgan fingerprint density at radius 2 is 1.47 bits per heavy atom. The van der Waals surface area contributed by atoms with E-state index in [0.29, 0.717) is 42.6 Å². The molecule has 1 heterocycles. The van der Waals surface area contributed by atoms with Crippen molar-refractivity contribution in [1.29, 1.82) is 0 Å². The van der Waals surface area contributed by atoms with Crippen molar-refractivity contribution in [3.8, 4) is 5.75 Å². The largest absolute Gasteiger partial charge is 0.432 e. The molecule has 190 valence electrons. The second kappa shape index (κ2) is 11.4. The van der Waals surface area contributed by atoms with E-state index in [4.69, 9.17) is 14.2 Å². The molecule has 7 heteroatoms. The van der Waals surface area contributed by atoms with E-state index in [1.165, 1.54) is 0 Å². The van der Waals surface area contributed by atoms with E-state index in [2.05, 4.69) is 6.58 Å². The Kier molecular flexibility index (Phi) is 8.57. The second-order valence-corrected chi connectivity index (χ2v) is 10.3. The number of hydrogen-bond acceptors (Lipinski definition) is 3. The highest BCUT2D eigenvalue weighted by molar-refractivity contribution is 5.24. The van der Waals surface area contributed by atoms with Crippen molar-refractivity contribution in [2.24, 2.45) is 29.6 Å². The van der Waals surface area contributed by atoms with E-state index < -0.39 is 23.7 Å². The van der Waals surface area contributed by atoms with Crippen molar-refractivity contribution in [2.45, 2.75) is 76.6 Å². The van der Waals surface area contributed by atoms with Crippen LogP contribution in [0.15, 0.2) is 30.9 Å². The summed E-state index contributed by atoms with van der Waals surface area (Å²) in [6.07, 6.45) is 7.01. The van der Waals surface area contributed by atoms with Gasteiger partial charge in [-0.05, 0) is 88.2 Å². The average molecular weight is 485 g/mol. The molecule has 0 atom stereocenters. The molecule has 4 rings (SSSR count). The fourth-order valence-corrected chi connectivity index (χ4v) is 5.95. The molecule has 2 saturated carbocycles. The summed E-state index contributed by atoms with van der Waals surface area (Å²) in [4.78, 5) is 0. The van der Waals surface area contributed by atoms with E-state index in [9.17, 15) is 17.6 Å². The Hall–Kier alpha value is -1.60. The summed E-state index contributed by atoms with van der Waals surface area (Å²) in [6, 6.07) is 2.52. The van der Waals surface area contributed by atoms with Gasteiger partial charge in [0.05, 0.1) is 19.1 Å². The van der Waals surface area contributed by atoms with Crippen LogP contribution in [0.4, 0.5) is 17.6 Å². The molecule has 1 saturated heterocycles. The summed E-state index contributed by atoms with van der Waals surface area (Å²) in [6.45, 7) is 5.28. The van der Waals surface area contributed by atoms with E-state index >= 15 is 0 Å². The van der Waals surface area contributed by atoms with Gasteiger partial charge in [0.15, 0.2) is 17.9 Å². The fraction of sp³-hybridized carbons (Fsp3) is 0.704. The van der Waals surface area contributed by atoms with E-state index in [-0.39, 0.29) is 12.0 Å². The zero-order valence-electron chi connectivity index (χ0n) is 19.7. The Morgan fingerprint density at radius 1 is 0.882 bits per heavy atom. The molecule has 34 heavy (non-hydrogen) atoms. The Labute approximate surface area is 199 Å². The van der Waals surface area contributed by atoms with Gasteiger partial charge in [-0.2, -0.15) is 8.78 Å². The van der Waals surface area contributed by atoms with Crippen molar-refractivity contribution >= 4 is 0 Å². The van der Waals surface area contributed by atoms with Crippen molar-refractivity contribution in [2.75, 3.05) is 13.2 Å². The van der Waals surface area contributed by atoms with Gasteiger partial charge >= 0.3 is 6.11 Å². The molecule has 0 N–H and O–H groups in total. The number of ether oxygens (including phenoxy) is 3. The molecule has 3 aliphatic rings. The number of benzene rings is 1. The summed E-state index contributed by atoms with van der Waals surface area (Å²) in [7, 11) is 0. The predicted molar refractivity (Wildman–Crippen MR) is 121 cm³/mol. The summed E-state index contributed by atoms with van der Waals surface area (Å²) < 4.78 is 72.6. The molecule has 0 aromatic heterocycles. The lowest BCUT2D eigenvalue weighted by molar-refractivity contribution is -0.231. The van der Waals surface area contributed by atoms with Gasteiger partial charge in [0, 0.05) is 17.9 Å². The molecule has 1 aliphatic heterocycles. The number of hydrogen-bond donors (Lipinski definition) is 0. The predicted octanol–water partition coefficient (Wildman–Crippen LogP) is 7.50. The minimum atomic E-state index is -3.40. The van der Waals surface area contributed by atoms with Crippen LogP contribution in [0.2, 0.25) is 0 Å². The highest BCUT2D eigenvalue weighted by atomic mass is 19.3. The molecule has 1 aromatic rings. The van der Waals surface area contributed by atoms with Gasteiger partial charge in [-0.15, -0.1) is 6.58 Å². The first kappa shape index (κ1) is 25.5. The average Bonchev–Trinajstić information content (AvgIpc) is 2.85. The highest BCUT2D eigenvalue weighted by Crippen LogP contribution is 2.46. The molecule has 0 radical (unpaired) electrons.